The van der Waals surface area contributed by atoms with Crippen molar-refractivity contribution in [2.75, 3.05) is 18.6 Å². The van der Waals surface area contributed by atoms with Crippen molar-refractivity contribution in [3.05, 3.63) is 42.6 Å². The van der Waals surface area contributed by atoms with Gasteiger partial charge in [-0.2, -0.15) is 5.10 Å². The van der Waals surface area contributed by atoms with Crippen LogP contribution in [-0.4, -0.2) is 29.3 Å². The van der Waals surface area contributed by atoms with E-state index in [2.05, 4.69) is 5.10 Å². The molecule has 0 fully saturated rings. The Morgan fingerprint density at radius 3 is 2.74 bits per heavy atom. The zero-order valence-electron chi connectivity index (χ0n) is 11.1. The molecule has 5 nitrogen and oxygen atoms in total. The van der Waals surface area contributed by atoms with Crippen molar-refractivity contribution in [1.82, 2.24) is 9.78 Å². The monoisotopic (exact) mass is 259 g/mol. The number of benzene rings is 1. The van der Waals surface area contributed by atoms with E-state index in [1.165, 1.54) is 0 Å². The summed E-state index contributed by atoms with van der Waals surface area (Å²) in [6.07, 6.45) is 1.66. The predicted octanol–water partition coefficient (Wildman–Crippen LogP) is 1.94. The highest BCUT2D eigenvalue weighted by atomic mass is 16.5. The highest BCUT2D eigenvalue weighted by molar-refractivity contribution is 5.93. The summed E-state index contributed by atoms with van der Waals surface area (Å²) in [7, 11) is 1.73. The standard InChI is InChI=1S/C14H17N3O2/c1-3-17-14(9-10-15-17)19-11-13(18)16(2)12-7-5-4-6-8-12/h4-10H,3,11H2,1-2H3. The fraction of sp³-hybridized carbons (Fsp3) is 0.286. The first kappa shape index (κ1) is 13.1. The molecule has 2 rings (SSSR count). The number of carbonyl (C=O) groups is 1. The lowest BCUT2D eigenvalue weighted by molar-refractivity contribution is -0.120. The van der Waals surface area contributed by atoms with Crippen molar-refractivity contribution in [3.8, 4) is 5.88 Å². The van der Waals surface area contributed by atoms with E-state index >= 15 is 0 Å². The third-order valence-electron chi connectivity index (χ3n) is 2.84. The number of likely N-dealkylation sites (N-methyl/N-ethyl adjacent to an activating group) is 1. The van der Waals surface area contributed by atoms with Crippen LogP contribution in [0.3, 0.4) is 0 Å². The van der Waals surface area contributed by atoms with Gasteiger partial charge < -0.3 is 9.64 Å². The number of ether oxygens (including phenoxy) is 1. The van der Waals surface area contributed by atoms with Crippen molar-refractivity contribution in [3.63, 3.8) is 0 Å². The first-order chi connectivity index (χ1) is 9.22. The average molecular weight is 259 g/mol. The molecule has 100 valence electrons. The Kier molecular flexibility index (Phi) is 4.18. The third kappa shape index (κ3) is 3.13. The number of hydrogen-bond acceptors (Lipinski definition) is 3. The molecule has 5 heteroatoms. The Balaban J connectivity index is 1.95. The Morgan fingerprint density at radius 2 is 2.05 bits per heavy atom. The number of nitrogens with zero attached hydrogens (tertiary/aromatic N) is 3. The van der Waals surface area contributed by atoms with Crippen molar-refractivity contribution in [1.29, 1.82) is 0 Å². The molecule has 0 aliphatic heterocycles. The lowest BCUT2D eigenvalue weighted by Crippen LogP contribution is -2.31. The van der Waals surface area contributed by atoms with Gasteiger partial charge in [-0.1, -0.05) is 18.2 Å². The first-order valence-electron chi connectivity index (χ1n) is 6.18. The van der Waals surface area contributed by atoms with E-state index in [1.807, 2.05) is 37.3 Å². The topological polar surface area (TPSA) is 47.4 Å². The van der Waals surface area contributed by atoms with Gasteiger partial charge in [0, 0.05) is 25.3 Å². The number of amides is 1. The highest BCUT2D eigenvalue weighted by Crippen LogP contribution is 2.13. The molecular formula is C14H17N3O2. The van der Waals surface area contributed by atoms with Gasteiger partial charge in [-0.3, -0.25) is 4.79 Å². The molecule has 0 spiro atoms. The zero-order chi connectivity index (χ0) is 13.7. The van der Waals surface area contributed by atoms with Gasteiger partial charge in [-0.25, -0.2) is 4.68 Å². The number of aromatic nitrogens is 2. The van der Waals surface area contributed by atoms with E-state index in [0.717, 1.165) is 5.69 Å². The maximum Gasteiger partial charge on any atom is 0.264 e. The van der Waals surface area contributed by atoms with Crippen LogP contribution in [0.25, 0.3) is 0 Å². The summed E-state index contributed by atoms with van der Waals surface area (Å²) < 4.78 is 7.19. The van der Waals surface area contributed by atoms with Gasteiger partial charge >= 0.3 is 0 Å². The van der Waals surface area contributed by atoms with Crippen LogP contribution in [0.4, 0.5) is 5.69 Å². The highest BCUT2D eigenvalue weighted by Gasteiger charge is 2.12. The van der Waals surface area contributed by atoms with E-state index in [0.29, 0.717) is 12.4 Å². The SMILES string of the molecule is CCn1nccc1OCC(=O)N(C)c1ccccc1. The van der Waals surface area contributed by atoms with Crippen LogP contribution in [0.2, 0.25) is 0 Å². The van der Waals surface area contributed by atoms with Crippen molar-refractivity contribution in [2.45, 2.75) is 13.5 Å². The van der Waals surface area contributed by atoms with E-state index in [-0.39, 0.29) is 12.5 Å². The minimum atomic E-state index is -0.102. The summed E-state index contributed by atoms with van der Waals surface area (Å²) in [6, 6.07) is 11.2. The Hall–Kier alpha value is -2.30. The van der Waals surface area contributed by atoms with Crippen LogP contribution in [0, 0.1) is 0 Å². The summed E-state index contributed by atoms with van der Waals surface area (Å²) >= 11 is 0. The number of aryl methyl sites for hydroxylation is 1. The summed E-state index contributed by atoms with van der Waals surface area (Å²) in [5.41, 5.74) is 0.847. The first-order valence-corrected chi connectivity index (χ1v) is 6.18. The molecule has 0 saturated heterocycles. The number of carbonyl (C=O) groups excluding carboxylic acids is 1. The quantitative estimate of drug-likeness (QED) is 0.824. The van der Waals surface area contributed by atoms with Crippen molar-refractivity contribution >= 4 is 11.6 Å². The smallest absolute Gasteiger partial charge is 0.264 e. The van der Waals surface area contributed by atoms with Crippen LogP contribution in [-0.2, 0) is 11.3 Å². The fourth-order valence-electron chi connectivity index (χ4n) is 1.71. The Bertz CT molecular complexity index is 537. The van der Waals surface area contributed by atoms with Crippen molar-refractivity contribution < 1.29 is 9.53 Å². The van der Waals surface area contributed by atoms with Crippen LogP contribution < -0.4 is 9.64 Å². The lowest BCUT2D eigenvalue weighted by atomic mass is 10.3. The van der Waals surface area contributed by atoms with Crippen LogP contribution in [0.1, 0.15) is 6.92 Å². The van der Waals surface area contributed by atoms with Gasteiger partial charge in [0.1, 0.15) is 0 Å². The third-order valence-corrected chi connectivity index (χ3v) is 2.84. The van der Waals surface area contributed by atoms with Gasteiger partial charge in [0.15, 0.2) is 6.61 Å². The van der Waals surface area contributed by atoms with E-state index in [4.69, 9.17) is 4.74 Å². The molecule has 0 radical (unpaired) electrons. The molecule has 2 aromatic rings. The van der Waals surface area contributed by atoms with Crippen LogP contribution >= 0.6 is 0 Å². The average Bonchev–Trinajstić information content (AvgIpc) is 2.92. The molecular weight excluding hydrogens is 242 g/mol. The van der Waals surface area contributed by atoms with E-state index < -0.39 is 0 Å². The second-order valence-corrected chi connectivity index (χ2v) is 4.06. The second kappa shape index (κ2) is 6.04. The minimum absolute atomic E-state index is 0.00289. The van der Waals surface area contributed by atoms with Gasteiger partial charge in [-0.15, -0.1) is 0 Å². The molecule has 0 saturated carbocycles. The summed E-state index contributed by atoms with van der Waals surface area (Å²) in [5.74, 6) is 0.507. The number of para-hydroxylation sites is 1. The number of hydrogen-bond donors (Lipinski definition) is 0. The fourth-order valence-corrected chi connectivity index (χ4v) is 1.71. The largest absolute Gasteiger partial charge is 0.468 e. The van der Waals surface area contributed by atoms with Gasteiger partial charge in [-0.05, 0) is 19.1 Å². The molecule has 0 aliphatic rings. The summed E-state index contributed by atoms with van der Waals surface area (Å²) in [4.78, 5) is 13.6. The van der Waals surface area contributed by atoms with E-state index in [1.54, 1.807) is 28.9 Å². The van der Waals surface area contributed by atoms with Gasteiger partial charge in [0.05, 0.1) is 6.20 Å². The van der Waals surface area contributed by atoms with E-state index in [9.17, 15) is 4.79 Å². The molecule has 0 aliphatic carbocycles. The van der Waals surface area contributed by atoms with Gasteiger partial charge in [0.2, 0.25) is 5.88 Å². The lowest BCUT2D eigenvalue weighted by Gasteiger charge is -2.17. The van der Waals surface area contributed by atoms with Crippen LogP contribution in [0.5, 0.6) is 5.88 Å². The number of anilines is 1. The molecule has 0 unspecified atom stereocenters. The predicted molar refractivity (Wildman–Crippen MR) is 73.2 cm³/mol. The molecule has 0 N–H and O–H groups in total. The normalized spacial score (nSPS) is 10.2. The Morgan fingerprint density at radius 1 is 1.32 bits per heavy atom. The molecule has 1 heterocycles. The summed E-state index contributed by atoms with van der Waals surface area (Å²) in [6.45, 7) is 2.68. The summed E-state index contributed by atoms with van der Waals surface area (Å²) in [5, 5.41) is 4.08. The molecule has 1 amide bonds. The van der Waals surface area contributed by atoms with Gasteiger partial charge in [0.25, 0.3) is 5.91 Å². The van der Waals surface area contributed by atoms with Crippen LogP contribution in [0.15, 0.2) is 42.6 Å². The van der Waals surface area contributed by atoms with Crippen molar-refractivity contribution in [2.24, 2.45) is 0 Å². The second-order valence-electron chi connectivity index (χ2n) is 4.06. The molecule has 0 bridgehead atoms. The maximum absolute atomic E-state index is 12.0. The molecule has 1 aromatic heterocycles. The molecule has 19 heavy (non-hydrogen) atoms. The maximum atomic E-state index is 12.0. The molecule has 1 aromatic carbocycles. The zero-order valence-corrected chi connectivity index (χ0v) is 11.1. The minimum Gasteiger partial charge on any atom is -0.468 e. The Labute approximate surface area is 112 Å². The molecule has 0 atom stereocenters. The number of rotatable bonds is 5.